The van der Waals surface area contributed by atoms with Gasteiger partial charge in [-0.3, -0.25) is 0 Å². The lowest BCUT2D eigenvalue weighted by atomic mass is 10.2. The van der Waals surface area contributed by atoms with Crippen molar-refractivity contribution in [2.24, 2.45) is 0 Å². The van der Waals surface area contributed by atoms with E-state index in [0.29, 0.717) is 40.5 Å². The number of carbonyl (C=O) groups excluding carboxylic acids is 1. The lowest BCUT2D eigenvalue weighted by Gasteiger charge is -2.12. The summed E-state index contributed by atoms with van der Waals surface area (Å²) < 4.78 is 21.8. The van der Waals surface area contributed by atoms with Gasteiger partial charge in [0.15, 0.2) is 18.1 Å². The first-order valence-electron chi connectivity index (χ1n) is 8.15. The second kappa shape index (κ2) is 8.52. The van der Waals surface area contributed by atoms with Crippen LogP contribution in [0.3, 0.4) is 0 Å². The van der Waals surface area contributed by atoms with Gasteiger partial charge in [0.1, 0.15) is 12.4 Å². The molecule has 0 spiro atoms. The Labute approximate surface area is 161 Å². The summed E-state index contributed by atoms with van der Waals surface area (Å²) in [4.78, 5) is 11.9. The summed E-state index contributed by atoms with van der Waals surface area (Å²) in [6.07, 6.45) is 0.789. The molecule has 0 saturated heterocycles. The van der Waals surface area contributed by atoms with Gasteiger partial charge in [0, 0.05) is 11.4 Å². The molecule has 26 heavy (non-hydrogen) atoms. The third kappa shape index (κ3) is 4.74. The monoisotopic (exact) mass is 396 g/mol. The summed E-state index contributed by atoms with van der Waals surface area (Å²) in [6.45, 7) is 2.85. The molecular formula is C19H18Cl2O5. The molecule has 0 N–H and O–H groups in total. The fourth-order valence-electron chi connectivity index (χ4n) is 2.42. The first kappa shape index (κ1) is 18.7. The van der Waals surface area contributed by atoms with Crippen LogP contribution < -0.4 is 14.2 Å². The van der Waals surface area contributed by atoms with Crippen molar-refractivity contribution in [3.63, 3.8) is 0 Å². The Kier molecular flexibility index (Phi) is 6.12. The van der Waals surface area contributed by atoms with Crippen molar-refractivity contribution in [1.82, 2.24) is 0 Å². The highest BCUT2D eigenvalue weighted by atomic mass is 35.5. The van der Waals surface area contributed by atoms with Gasteiger partial charge < -0.3 is 18.9 Å². The predicted molar refractivity (Wildman–Crippen MR) is 98.5 cm³/mol. The maximum atomic E-state index is 11.9. The average Bonchev–Trinajstić information content (AvgIpc) is 2.87. The standard InChI is InChI=1S/C19H18Cl2O5/c1-12-7-14(3-4-15(12)20)25-11-18(22)26-10-13-8-16(21)19-17(9-13)23-5-2-6-24-19/h3-4,7-9H,2,5-6,10-11H2,1H3. The number of hydrogen-bond acceptors (Lipinski definition) is 5. The number of aryl methyl sites for hydroxylation is 1. The fourth-order valence-corrected chi connectivity index (χ4v) is 2.83. The Hall–Kier alpha value is -2.11. The Balaban J connectivity index is 1.55. The highest BCUT2D eigenvalue weighted by molar-refractivity contribution is 6.32. The van der Waals surface area contributed by atoms with Crippen molar-refractivity contribution >= 4 is 29.2 Å². The minimum Gasteiger partial charge on any atom is -0.489 e. The second-order valence-corrected chi connectivity index (χ2v) is 6.63. The number of ether oxygens (including phenoxy) is 4. The largest absolute Gasteiger partial charge is 0.489 e. The van der Waals surface area contributed by atoms with E-state index in [0.717, 1.165) is 17.5 Å². The van der Waals surface area contributed by atoms with E-state index in [9.17, 15) is 4.79 Å². The van der Waals surface area contributed by atoms with Crippen LogP contribution in [0.5, 0.6) is 17.2 Å². The van der Waals surface area contributed by atoms with Crippen molar-refractivity contribution in [1.29, 1.82) is 0 Å². The zero-order valence-electron chi connectivity index (χ0n) is 14.2. The average molecular weight is 397 g/mol. The van der Waals surface area contributed by atoms with E-state index in [1.807, 2.05) is 6.92 Å². The molecule has 0 unspecified atom stereocenters. The van der Waals surface area contributed by atoms with Crippen molar-refractivity contribution in [2.45, 2.75) is 20.0 Å². The van der Waals surface area contributed by atoms with Crippen molar-refractivity contribution in [2.75, 3.05) is 19.8 Å². The summed E-state index contributed by atoms with van der Waals surface area (Å²) in [6, 6.07) is 8.65. The molecule has 1 aliphatic rings. The zero-order chi connectivity index (χ0) is 18.5. The van der Waals surface area contributed by atoms with E-state index in [1.54, 1.807) is 30.3 Å². The maximum Gasteiger partial charge on any atom is 0.344 e. The van der Waals surface area contributed by atoms with E-state index in [-0.39, 0.29) is 13.2 Å². The Morgan fingerprint density at radius 3 is 2.73 bits per heavy atom. The molecule has 0 fully saturated rings. The minimum atomic E-state index is -0.485. The molecule has 138 valence electrons. The highest BCUT2D eigenvalue weighted by Gasteiger charge is 2.16. The topological polar surface area (TPSA) is 54.0 Å². The first-order valence-corrected chi connectivity index (χ1v) is 8.91. The van der Waals surface area contributed by atoms with Crippen molar-refractivity contribution in [3.8, 4) is 17.2 Å². The van der Waals surface area contributed by atoms with Crippen LogP contribution in [-0.2, 0) is 16.1 Å². The van der Waals surface area contributed by atoms with Gasteiger partial charge in [0.2, 0.25) is 0 Å². The Morgan fingerprint density at radius 2 is 1.92 bits per heavy atom. The number of carbonyl (C=O) groups is 1. The molecule has 5 nitrogen and oxygen atoms in total. The Bertz CT molecular complexity index is 807. The summed E-state index contributed by atoms with van der Waals surface area (Å²) in [5.74, 6) is 1.16. The molecular weight excluding hydrogens is 379 g/mol. The first-order chi connectivity index (χ1) is 12.5. The van der Waals surface area contributed by atoms with E-state index in [1.165, 1.54) is 0 Å². The molecule has 0 bridgehead atoms. The van der Waals surface area contributed by atoms with E-state index in [4.69, 9.17) is 42.1 Å². The quantitative estimate of drug-likeness (QED) is 0.691. The maximum absolute atomic E-state index is 11.9. The normalized spacial score (nSPS) is 13.0. The SMILES string of the molecule is Cc1cc(OCC(=O)OCc2cc(Cl)c3c(c2)OCCCO3)ccc1Cl. The van der Waals surface area contributed by atoms with E-state index in [2.05, 4.69) is 0 Å². The van der Waals surface area contributed by atoms with Crippen LogP contribution in [0.15, 0.2) is 30.3 Å². The van der Waals surface area contributed by atoms with Gasteiger partial charge in [0.25, 0.3) is 0 Å². The molecule has 1 heterocycles. The second-order valence-electron chi connectivity index (χ2n) is 5.82. The van der Waals surface area contributed by atoms with Crippen LogP contribution in [0, 0.1) is 6.92 Å². The van der Waals surface area contributed by atoms with E-state index < -0.39 is 5.97 Å². The summed E-state index contributed by atoms with van der Waals surface area (Å²) in [7, 11) is 0. The highest BCUT2D eigenvalue weighted by Crippen LogP contribution is 2.38. The van der Waals surface area contributed by atoms with Crippen LogP contribution in [0.4, 0.5) is 0 Å². The Morgan fingerprint density at radius 1 is 1.12 bits per heavy atom. The number of esters is 1. The molecule has 0 amide bonds. The molecule has 2 aromatic rings. The van der Waals surface area contributed by atoms with Gasteiger partial charge >= 0.3 is 5.97 Å². The zero-order valence-corrected chi connectivity index (χ0v) is 15.7. The summed E-state index contributed by atoms with van der Waals surface area (Å²) in [5.41, 5.74) is 1.59. The predicted octanol–water partition coefficient (Wildman–Crippen LogP) is 4.59. The molecule has 0 aromatic heterocycles. The molecule has 0 aliphatic carbocycles. The number of fused-ring (bicyclic) bond motifs is 1. The van der Waals surface area contributed by atoms with Crippen molar-refractivity contribution < 1.29 is 23.7 Å². The van der Waals surface area contributed by atoms with Gasteiger partial charge in [-0.25, -0.2) is 4.79 Å². The number of halogens is 2. The third-order valence-electron chi connectivity index (χ3n) is 3.75. The third-order valence-corrected chi connectivity index (χ3v) is 4.45. The molecule has 0 radical (unpaired) electrons. The molecule has 1 aliphatic heterocycles. The molecule has 7 heteroatoms. The van der Waals surface area contributed by atoms with Crippen LogP contribution >= 0.6 is 23.2 Å². The van der Waals surface area contributed by atoms with Crippen LogP contribution in [0.2, 0.25) is 10.0 Å². The molecule has 0 atom stereocenters. The molecule has 0 saturated carbocycles. The number of benzene rings is 2. The van der Waals surface area contributed by atoms with E-state index >= 15 is 0 Å². The van der Waals surface area contributed by atoms with Crippen LogP contribution in [0.25, 0.3) is 0 Å². The van der Waals surface area contributed by atoms with Gasteiger partial charge in [-0.15, -0.1) is 0 Å². The van der Waals surface area contributed by atoms with Crippen LogP contribution in [0.1, 0.15) is 17.5 Å². The molecule has 3 rings (SSSR count). The summed E-state index contributed by atoms with van der Waals surface area (Å²) >= 11 is 12.2. The van der Waals surface area contributed by atoms with Gasteiger partial charge in [-0.1, -0.05) is 23.2 Å². The fraction of sp³-hybridized carbons (Fsp3) is 0.316. The number of rotatable bonds is 5. The van der Waals surface area contributed by atoms with Crippen LogP contribution in [-0.4, -0.2) is 25.8 Å². The lowest BCUT2D eigenvalue weighted by Crippen LogP contribution is -2.14. The molecule has 2 aromatic carbocycles. The van der Waals surface area contributed by atoms with Gasteiger partial charge in [0.05, 0.1) is 18.2 Å². The number of hydrogen-bond donors (Lipinski definition) is 0. The van der Waals surface area contributed by atoms with Crippen molar-refractivity contribution in [3.05, 3.63) is 51.5 Å². The lowest BCUT2D eigenvalue weighted by molar-refractivity contribution is -0.147. The van der Waals surface area contributed by atoms with Gasteiger partial charge in [-0.05, 0) is 48.4 Å². The van der Waals surface area contributed by atoms with Gasteiger partial charge in [-0.2, -0.15) is 0 Å². The summed E-state index contributed by atoms with van der Waals surface area (Å²) in [5, 5.41) is 1.08. The smallest absolute Gasteiger partial charge is 0.344 e. The minimum absolute atomic E-state index is 0.0677.